The van der Waals surface area contributed by atoms with Gasteiger partial charge < -0.3 is 10.2 Å². The van der Waals surface area contributed by atoms with Crippen LogP contribution in [0.4, 0.5) is 5.69 Å². The van der Waals surface area contributed by atoms with Crippen LogP contribution in [0.5, 0.6) is 0 Å². The molecule has 116 valence electrons. The van der Waals surface area contributed by atoms with Crippen LogP contribution < -0.4 is 10.2 Å². The van der Waals surface area contributed by atoms with E-state index in [1.165, 1.54) is 0 Å². The van der Waals surface area contributed by atoms with Crippen molar-refractivity contribution in [3.05, 3.63) is 66.2 Å². The molecular formula is C19H24N2O. The zero-order valence-corrected chi connectivity index (χ0v) is 13.2. The molecule has 0 spiro atoms. The van der Waals surface area contributed by atoms with Gasteiger partial charge >= 0.3 is 0 Å². The van der Waals surface area contributed by atoms with Crippen molar-refractivity contribution in [3.63, 3.8) is 0 Å². The van der Waals surface area contributed by atoms with Gasteiger partial charge in [-0.05, 0) is 30.7 Å². The van der Waals surface area contributed by atoms with Gasteiger partial charge in [0, 0.05) is 18.7 Å². The highest BCUT2D eigenvalue weighted by Gasteiger charge is 2.15. The molecule has 0 aliphatic rings. The monoisotopic (exact) mass is 296 g/mol. The van der Waals surface area contributed by atoms with Gasteiger partial charge in [0.05, 0.1) is 6.54 Å². The number of anilines is 1. The van der Waals surface area contributed by atoms with Crippen LogP contribution in [0.1, 0.15) is 25.3 Å². The van der Waals surface area contributed by atoms with Gasteiger partial charge in [0.15, 0.2) is 0 Å². The van der Waals surface area contributed by atoms with Gasteiger partial charge in [-0.2, -0.15) is 0 Å². The van der Waals surface area contributed by atoms with Gasteiger partial charge in [-0.15, -0.1) is 0 Å². The largest absolute Gasteiger partial charge is 0.316 e. The zero-order chi connectivity index (χ0) is 15.6. The van der Waals surface area contributed by atoms with E-state index < -0.39 is 0 Å². The lowest BCUT2D eigenvalue weighted by molar-refractivity contribution is -0.118. The molecule has 0 aliphatic carbocycles. The molecule has 2 rings (SSSR count). The Hall–Kier alpha value is -2.13. The molecule has 2 aromatic rings. The third kappa shape index (κ3) is 5.01. The van der Waals surface area contributed by atoms with E-state index in [0.29, 0.717) is 13.0 Å². The first-order valence-electron chi connectivity index (χ1n) is 7.91. The van der Waals surface area contributed by atoms with Crippen molar-refractivity contribution >= 4 is 11.6 Å². The number of para-hydroxylation sites is 1. The first kappa shape index (κ1) is 16.2. The minimum Gasteiger partial charge on any atom is -0.316 e. The molecule has 0 aliphatic heterocycles. The second-order valence-electron chi connectivity index (χ2n) is 5.30. The lowest BCUT2D eigenvalue weighted by Gasteiger charge is -2.23. The van der Waals surface area contributed by atoms with Crippen LogP contribution >= 0.6 is 0 Å². The Balaban J connectivity index is 2.06. The summed E-state index contributed by atoms with van der Waals surface area (Å²) >= 11 is 0. The fraction of sp³-hybridized carbons (Fsp3) is 0.316. The molecule has 0 atom stereocenters. The zero-order valence-electron chi connectivity index (χ0n) is 13.2. The molecule has 22 heavy (non-hydrogen) atoms. The van der Waals surface area contributed by atoms with Crippen LogP contribution in [-0.2, 0) is 11.3 Å². The van der Waals surface area contributed by atoms with Crippen molar-refractivity contribution in [3.8, 4) is 0 Å². The molecule has 2 aromatic carbocycles. The van der Waals surface area contributed by atoms with E-state index in [-0.39, 0.29) is 5.91 Å². The Labute approximate surface area is 133 Å². The van der Waals surface area contributed by atoms with E-state index in [9.17, 15) is 4.79 Å². The van der Waals surface area contributed by atoms with Crippen molar-refractivity contribution in [2.75, 3.05) is 18.0 Å². The van der Waals surface area contributed by atoms with Crippen molar-refractivity contribution in [1.29, 1.82) is 0 Å². The molecule has 0 heterocycles. The minimum atomic E-state index is 0.152. The van der Waals surface area contributed by atoms with E-state index >= 15 is 0 Å². The molecule has 0 radical (unpaired) electrons. The number of carbonyl (C=O) groups excluding carboxylic acids is 1. The van der Waals surface area contributed by atoms with Crippen LogP contribution in [-0.4, -0.2) is 19.0 Å². The number of rotatable bonds is 8. The molecule has 3 nitrogen and oxygen atoms in total. The lowest BCUT2D eigenvalue weighted by atomic mass is 10.2. The Kier molecular flexibility index (Phi) is 6.65. The van der Waals surface area contributed by atoms with Gasteiger partial charge in [-0.3, -0.25) is 4.79 Å². The van der Waals surface area contributed by atoms with E-state index in [0.717, 1.165) is 30.8 Å². The van der Waals surface area contributed by atoms with Gasteiger partial charge in [0.25, 0.3) is 0 Å². The maximum atomic E-state index is 12.6. The molecule has 0 saturated carbocycles. The first-order valence-corrected chi connectivity index (χ1v) is 7.91. The summed E-state index contributed by atoms with van der Waals surface area (Å²) in [5.74, 6) is 0.152. The highest BCUT2D eigenvalue weighted by molar-refractivity contribution is 5.93. The molecule has 1 amide bonds. The fourth-order valence-corrected chi connectivity index (χ4v) is 2.33. The molecule has 0 unspecified atom stereocenters. The van der Waals surface area contributed by atoms with Crippen LogP contribution in [0.15, 0.2) is 60.7 Å². The Morgan fingerprint density at radius 3 is 2.23 bits per heavy atom. The SMILES string of the molecule is CCCNCCC(=O)N(Cc1ccccc1)c1ccccc1. The van der Waals surface area contributed by atoms with Crippen molar-refractivity contribution < 1.29 is 4.79 Å². The molecule has 0 aromatic heterocycles. The highest BCUT2D eigenvalue weighted by atomic mass is 16.2. The maximum absolute atomic E-state index is 12.6. The number of benzene rings is 2. The maximum Gasteiger partial charge on any atom is 0.228 e. The number of hydrogen-bond acceptors (Lipinski definition) is 2. The summed E-state index contributed by atoms with van der Waals surface area (Å²) in [5, 5.41) is 3.29. The summed E-state index contributed by atoms with van der Waals surface area (Å²) in [7, 11) is 0. The second kappa shape index (κ2) is 9.00. The highest BCUT2D eigenvalue weighted by Crippen LogP contribution is 2.17. The average Bonchev–Trinajstić information content (AvgIpc) is 2.58. The topological polar surface area (TPSA) is 32.3 Å². The van der Waals surface area contributed by atoms with Crippen molar-refractivity contribution in [1.82, 2.24) is 5.32 Å². The standard InChI is InChI=1S/C19H24N2O/c1-2-14-20-15-13-19(22)21(18-11-7-4-8-12-18)16-17-9-5-3-6-10-17/h3-12,20H,2,13-16H2,1H3. The van der Waals surface area contributed by atoms with E-state index in [1.54, 1.807) is 0 Å². The Morgan fingerprint density at radius 2 is 1.59 bits per heavy atom. The van der Waals surface area contributed by atoms with E-state index in [4.69, 9.17) is 0 Å². The van der Waals surface area contributed by atoms with Gasteiger partial charge in [0.2, 0.25) is 5.91 Å². The minimum absolute atomic E-state index is 0.152. The van der Waals surface area contributed by atoms with Crippen molar-refractivity contribution in [2.45, 2.75) is 26.3 Å². The smallest absolute Gasteiger partial charge is 0.228 e. The molecule has 3 heteroatoms. The van der Waals surface area contributed by atoms with Crippen LogP contribution in [0, 0.1) is 0 Å². The third-order valence-electron chi connectivity index (χ3n) is 3.49. The summed E-state index contributed by atoms with van der Waals surface area (Å²) < 4.78 is 0. The summed E-state index contributed by atoms with van der Waals surface area (Å²) in [6, 6.07) is 20.0. The summed E-state index contributed by atoms with van der Waals surface area (Å²) in [5.41, 5.74) is 2.09. The quantitative estimate of drug-likeness (QED) is 0.755. The number of carbonyl (C=O) groups is 1. The average molecular weight is 296 g/mol. The number of nitrogens with one attached hydrogen (secondary N) is 1. The van der Waals surface area contributed by atoms with Gasteiger partial charge in [-0.1, -0.05) is 55.5 Å². The molecule has 0 fully saturated rings. The van der Waals surface area contributed by atoms with Crippen molar-refractivity contribution in [2.24, 2.45) is 0 Å². The molecular weight excluding hydrogens is 272 g/mol. The Bertz CT molecular complexity index is 554. The number of hydrogen-bond donors (Lipinski definition) is 1. The summed E-state index contributed by atoms with van der Waals surface area (Å²) in [6.45, 7) is 4.42. The number of amides is 1. The van der Waals surface area contributed by atoms with Crippen LogP contribution in [0.2, 0.25) is 0 Å². The fourth-order valence-electron chi connectivity index (χ4n) is 2.33. The molecule has 1 N–H and O–H groups in total. The van der Waals surface area contributed by atoms with Gasteiger partial charge in [-0.25, -0.2) is 0 Å². The lowest BCUT2D eigenvalue weighted by Crippen LogP contribution is -2.33. The predicted molar refractivity (Wildman–Crippen MR) is 91.9 cm³/mol. The molecule has 0 saturated heterocycles. The van der Waals surface area contributed by atoms with Gasteiger partial charge in [0.1, 0.15) is 0 Å². The van der Waals surface area contributed by atoms with E-state index in [2.05, 4.69) is 24.4 Å². The third-order valence-corrected chi connectivity index (χ3v) is 3.49. The van der Waals surface area contributed by atoms with Crippen LogP contribution in [0.25, 0.3) is 0 Å². The summed E-state index contributed by atoms with van der Waals surface area (Å²) in [4.78, 5) is 14.5. The first-order chi connectivity index (χ1) is 10.8. The van der Waals surface area contributed by atoms with Crippen LogP contribution in [0.3, 0.4) is 0 Å². The Morgan fingerprint density at radius 1 is 0.955 bits per heavy atom. The molecule has 0 bridgehead atoms. The number of nitrogens with zero attached hydrogens (tertiary/aromatic N) is 1. The predicted octanol–water partition coefficient (Wildman–Crippen LogP) is 3.61. The summed E-state index contributed by atoms with van der Waals surface area (Å²) in [6.07, 6.45) is 1.60. The normalized spacial score (nSPS) is 10.4. The second-order valence-corrected chi connectivity index (χ2v) is 5.30. The van der Waals surface area contributed by atoms with E-state index in [1.807, 2.05) is 53.4 Å².